The van der Waals surface area contributed by atoms with Crippen molar-refractivity contribution in [3.05, 3.63) is 64.2 Å². The largest absolute Gasteiger partial charge is 0.489 e. The molecule has 2 heteroatoms. The van der Waals surface area contributed by atoms with Crippen molar-refractivity contribution in [2.75, 3.05) is 0 Å². The number of hydrogen-bond donors (Lipinski definition) is 1. The highest BCUT2D eigenvalue weighted by atomic mass is 16.5. The van der Waals surface area contributed by atoms with E-state index in [0.717, 1.165) is 11.3 Å². The van der Waals surface area contributed by atoms with E-state index in [2.05, 4.69) is 32.9 Å². The molecule has 0 aliphatic rings. The predicted molar refractivity (Wildman–Crippen MR) is 84.0 cm³/mol. The van der Waals surface area contributed by atoms with Gasteiger partial charge in [-0.3, -0.25) is 0 Å². The SMILES string of the molecule is Cc1cc(C)c(COc2ccc([C@@H](C)N)cc2)c(C)c1. The van der Waals surface area contributed by atoms with Crippen LogP contribution in [0.25, 0.3) is 0 Å². The minimum absolute atomic E-state index is 0.0608. The molecule has 1 atom stereocenters. The van der Waals surface area contributed by atoms with Crippen molar-refractivity contribution in [1.29, 1.82) is 0 Å². The van der Waals surface area contributed by atoms with E-state index in [4.69, 9.17) is 10.5 Å². The molecule has 20 heavy (non-hydrogen) atoms. The zero-order valence-electron chi connectivity index (χ0n) is 12.7. The molecule has 2 nitrogen and oxygen atoms in total. The second-order valence-electron chi connectivity index (χ2n) is 5.52. The van der Waals surface area contributed by atoms with E-state index in [9.17, 15) is 0 Å². The van der Waals surface area contributed by atoms with Gasteiger partial charge in [0.2, 0.25) is 0 Å². The summed E-state index contributed by atoms with van der Waals surface area (Å²) < 4.78 is 5.89. The molecule has 0 spiro atoms. The van der Waals surface area contributed by atoms with E-state index in [0.29, 0.717) is 6.61 Å². The van der Waals surface area contributed by atoms with Crippen molar-refractivity contribution in [2.45, 2.75) is 40.3 Å². The fraction of sp³-hybridized carbons (Fsp3) is 0.333. The van der Waals surface area contributed by atoms with Gasteiger partial charge in [-0.2, -0.15) is 0 Å². The van der Waals surface area contributed by atoms with Gasteiger partial charge in [-0.1, -0.05) is 29.8 Å². The Morgan fingerprint density at radius 3 is 2.05 bits per heavy atom. The molecule has 0 radical (unpaired) electrons. The predicted octanol–water partition coefficient (Wildman–Crippen LogP) is 4.21. The Bertz CT molecular complexity index is 562. The summed E-state index contributed by atoms with van der Waals surface area (Å²) in [5.74, 6) is 0.883. The maximum Gasteiger partial charge on any atom is 0.119 e. The Morgan fingerprint density at radius 1 is 1.00 bits per heavy atom. The summed E-state index contributed by atoms with van der Waals surface area (Å²) in [7, 11) is 0. The molecule has 106 valence electrons. The van der Waals surface area contributed by atoms with Crippen LogP contribution in [0.3, 0.4) is 0 Å². The molecule has 0 saturated heterocycles. The van der Waals surface area contributed by atoms with Gasteiger partial charge in [-0.25, -0.2) is 0 Å². The summed E-state index contributed by atoms with van der Waals surface area (Å²) in [5, 5.41) is 0. The van der Waals surface area contributed by atoms with Gasteiger partial charge in [0.15, 0.2) is 0 Å². The summed E-state index contributed by atoms with van der Waals surface area (Å²) in [4.78, 5) is 0. The summed E-state index contributed by atoms with van der Waals surface area (Å²) in [5.41, 5.74) is 12.1. The first kappa shape index (κ1) is 14.6. The summed E-state index contributed by atoms with van der Waals surface area (Å²) in [6.45, 7) is 8.98. The lowest BCUT2D eigenvalue weighted by Gasteiger charge is -2.13. The normalized spacial score (nSPS) is 12.2. The van der Waals surface area contributed by atoms with Crippen LogP contribution in [-0.2, 0) is 6.61 Å². The first-order valence-corrected chi connectivity index (χ1v) is 7.02. The number of rotatable bonds is 4. The van der Waals surface area contributed by atoms with Crippen LogP contribution in [0.4, 0.5) is 0 Å². The van der Waals surface area contributed by atoms with Crippen molar-refractivity contribution in [3.63, 3.8) is 0 Å². The molecule has 0 aromatic heterocycles. The number of hydrogen-bond acceptors (Lipinski definition) is 2. The van der Waals surface area contributed by atoms with Gasteiger partial charge in [0, 0.05) is 6.04 Å². The van der Waals surface area contributed by atoms with Crippen LogP contribution < -0.4 is 10.5 Å². The average molecular weight is 269 g/mol. The van der Waals surface area contributed by atoms with Crippen LogP contribution in [0.5, 0.6) is 5.75 Å². The summed E-state index contributed by atoms with van der Waals surface area (Å²) >= 11 is 0. The van der Waals surface area contributed by atoms with Crippen LogP contribution in [0, 0.1) is 20.8 Å². The molecule has 0 fully saturated rings. The standard InChI is InChI=1S/C18H23NO/c1-12-9-13(2)18(14(3)10-12)11-20-17-7-5-16(6-8-17)15(4)19/h5-10,15H,11,19H2,1-4H3/t15-/m1/s1. The molecule has 2 aromatic rings. The molecule has 0 aliphatic carbocycles. The topological polar surface area (TPSA) is 35.2 Å². The third-order valence-electron chi connectivity index (χ3n) is 3.63. The highest BCUT2D eigenvalue weighted by Gasteiger charge is 2.05. The smallest absolute Gasteiger partial charge is 0.119 e. The van der Waals surface area contributed by atoms with E-state index in [1.807, 2.05) is 31.2 Å². The molecule has 0 bridgehead atoms. The number of benzene rings is 2. The van der Waals surface area contributed by atoms with Gasteiger partial charge in [0.1, 0.15) is 12.4 Å². The second kappa shape index (κ2) is 6.10. The van der Waals surface area contributed by atoms with Gasteiger partial charge < -0.3 is 10.5 Å². The molecular weight excluding hydrogens is 246 g/mol. The summed E-state index contributed by atoms with van der Waals surface area (Å²) in [6.07, 6.45) is 0. The van der Waals surface area contributed by atoms with Crippen LogP contribution in [0.2, 0.25) is 0 Å². The second-order valence-corrected chi connectivity index (χ2v) is 5.52. The lowest BCUT2D eigenvalue weighted by molar-refractivity contribution is 0.304. The average Bonchev–Trinajstić information content (AvgIpc) is 2.38. The number of nitrogens with two attached hydrogens (primary N) is 1. The molecular formula is C18H23NO. The van der Waals surface area contributed by atoms with Crippen molar-refractivity contribution >= 4 is 0 Å². The molecule has 0 aliphatic heterocycles. The van der Waals surface area contributed by atoms with E-state index in [1.54, 1.807) is 0 Å². The Balaban J connectivity index is 2.09. The number of ether oxygens (including phenoxy) is 1. The van der Waals surface area contributed by atoms with Gasteiger partial charge in [-0.05, 0) is 62.1 Å². The van der Waals surface area contributed by atoms with E-state index >= 15 is 0 Å². The van der Waals surface area contributed by atoms with Crippen LogP contribution in [-0.4, -0.2) is 0 Å². The van der Waals surface area contributed by atoms with Gasteiger partial charge in [0.25, 0.3) is 0 Å². The first-order chi connectivity index (χ1) is 9.47. The molecule has 2 N–H and O–H groups in total. The van der Waals surface area contributed by atoms with Gasteiger partial charge >= 0.3 is 0 Å². The Morgan fingerprint density at radius 2 is 1.55 bits per heavy atom. The fourth-order valence-electron chi connectivity index (χ4n) is 2.46. The van der Waals surface area contributed by atoms with Crippen molar-refractivity contribution in [2.24, 2.45) is 5.73 Å². The highest BCUT2D eigenvalue weighted by molar-refractivity contribution is 5.37. The summed E-state index contributed by atoms with van der Waals surface area (Å²) in [6, 6.07) is 12.5. The molecule has 0 heterocycles. The minimum atomic E-state index is 0.0608. The van der Waals surface area contributed by atoms with Crippen LogP contribution in [0.15, 0.2) is 36.4 Å². The third-order valence-corrected chi connectivity index (χ3v) is 3.63. The van der Waals surface area contributed by atoms with Crippen LogP contribution >= 0.6 is 0 Å². The zero-order valence-corrected chi connectivity index (χ0v) is 12.7. The van der Waals surface area contributed by atoms with E-state index in [-0.39, 0.29) is 6.04 Å². The lowest BCUT2D eigenvalue weighted by Crippen LogP contribution is -2.05. The maximum absolute atomic E-state index is 5.89. The number of aryl methyl sites for hydroxylation is 3. The quantitative estimate of drug-likeness (QED) is 0.902. The Kier molecular flexibility index (Phi) is 4.46. The maximum atomic E-state index is 5.89. The first-order valence-electron chi connectivity index (χ1n) is 7.02. The molecule has 2 aromatic carbocycles. The van der Waals surface area contributed by atoms with E-state index in [1.165, 1.54) is 22.3 Å². The Hall–Kier alpha value is -1.80. The zero-order chi connectivity index (χ0) is 14.7. The minimum Gasteiger partial charge on any atom is -0.489 e. The molecule has 0 amide bonds. The van der Waals surface area contributed by atoms with Gasteiger partial charge in [-0.15, -0.1) is 0 Å². The van der Waals surface area contributed by atoms with E-state index < -0.39 is 0 Å². The fourth-order valence-corrected chi connectivity index (χ4v) is 2.46. The van der Waals surface area contributed by atoms with Crippen LogP contribution in [0.1, 0.15) is 40.8 Å². The monoisotopic (exact) mass is 269 g/mol. The Labute approximate surface area is 121 Å². The molecule has 0 unspecified atom stereocenters. The van der Waals surface area contributed by atoms with Crippen molar-refractivity contribution in [3.8, 4) is 5.75 Å². The lowest BCUT2D eigenvalue weighted by atomic mass is 10.0. The molecule has 0 saturated carbocycles. The highest BCUT2D eigenvalue weighted by Crippen LogP contribution is 2.21. The molecule has 2 rings (SSSR count). The van der Waals surface area contributed by atoms with Crippen molar-refractivity contribution < 1.29 is 4.74 Å². The third kappa shape index (κ3) is 3.40. The van der Waals surface area contributed by atoms with Crippen molar-refractivity contribution in [1.82, 2.24) is 0 Å². The van der Waals surface area contributed by atoms with Gasteiger partial charge in [0.05, 0.1) is 0 Å².